The summed E-state index contributed by atoms with van der Waals surface area (Å²) in [5, 5.41) is 2.84. The Morgan fingerprint density at radius 2 is 1.92 bits per heavy atom. The fourth-order valence-electron chi connectivity index (χ4n) is 0.676. The van der Waals surface area contributed by atoms with Crippen LogP contribution in [-0.4, -0.2) is 4.98 Å². The minimum absolute atomic E-state index is 0.610. The molecule has 1 rings (SSSR count). The van der Waals surface area contributed by atoms with Gasteiger partial charge in [-0.2, -0.15) is 0 Å². The van der Waals surface area contributed by atoms with E-state index in [4.69, 9.17) is 17.0 Å². The first kappa shape index (κ1) is 9.01. The van der Waals surface area contributed by atoms with Gasteiger partial charge in [-0.15, -0.1) is 0 Å². The second kappa shape index (κ2) is 3.11. The molecule has 0 aliphatic carbocycles. The zero-order valence-electron chi connectivity index (χ0n) is 6.20. The SMILES string of the molecule is [N-]=[N+]=Nc1nc(N)c(F)c(N)c1F. The maximum absolute atomic E-state index is 12.9. The number of nitrogens with two attached hydrogens (primary N) is 2. The number of azide groups is 1. The van der Waals surface area contributed by atoms with Crippen LogP contribution in [-0.2, 0) is 0 Å². The molecule has 1 aromatic heterocycles. The molecule has 0 fully saturated rings. The minimum Gasteiger partial charge on any atom is -0.394 e. The third-order valence-corrected chi connectivity index (χ3v) is 1.26. The molecule has 0 aliphatic heterocycles. The van der Waals surface area contributed by atoms with E-state index < -0.39 is 29.0 Å². The Morgan fingerprint density at radius 3 is 2.46 bits per heavy atom. The molecule has 8 heteroatoms. The van der Waals surface area contributed by atoms with Crippen LogP contribution in [0.2, 0.25) is 0 Å². The highest BCUT2D eigenvalue weighted by Gasteiger charge is 2.14. The first-order valence-electron chi connectivity index (χ1n) is 3.03. The van der Waals surface area contributed by atoms with Crippen molar-refractivity contribution in [2.45, 2.75) is 0 Å². The molecule has 0 radical (unpaired) electrons. The molecule has 0 amide bonds. The second-order valence-corrected chi connectivity index (χ2v) is 2.05. The maximum Gasteiger partial charge on any atom is 0.191 e. The Labute approximate surface area is 70.8 Å². The van der Waals surface area contributed by atoms with Crippen molar-refractivity contribution in [3.05, 3.63) is 22.1 Å². The lowest BCUT2D eigenvalue weighted by atomic mass is 10.3. The number of pyridine rings is 1. The molecule has 0 unspecified atom stereocenters. The number of hydrogen-bond acceptors (Lipinski definition) is 4. The van der Waals surface area contributed by atoms with Gasteiger partial charge < -0.3 is 11.5 Å². The summed E-state index contributed by atoms with van der Waals surface area (Å²) in [4.78, 5) is 5.42. The van der Waals surface area contributed by atoms with Crippen molar-refractivity contribution in [1.29, 1.82) is 0 Å². The van der Waals surface area contributed by atoms with Gasteiger partial charge in [-0.05, 0) is 10.6 Å². The zero-order chi connectivity index (χ0) is 10.0. The van der Waals surface area contributed by atoms with Crippen LogP contribution >= 0.6 is 0 Å². The van der Waals surface area contributed by atoms with E-state index in [0.29, 0.717) is 0 Å². The first-order valence-corrected chi connectivity index (χ1v) is 3.03. The predicted octanol–water partition coefficient (Wildman–Crippen LogP) is 1.47. The first-order chi connectivity index (χ1) is 6.07. The average molecular weight is 186 g/mol. The van der Waals surface area contributed by atoms with Crippen LogP contribution in [0.25, 0.3) is 10.4 Å². The van der Waals surface area contributed by atoms with Gasteiger partial charge in [0.1, 0.15) is 5.69 Å². The molecule has 68 valence electrons. The van der Waals surface area contributed by atoms with Crippen LogP contribution in [0.3, 0.4) is 0 Å². The standard InChI is InChI=1S/C5H4F2N6/c6-1-3(8)2(7)5(12-13-10)11-4(1)9/h(H4,8,9,11). The Bertz CT molecular complexity index is 397. The van der Waals surface area contributed by atoms with Gasteiger partial charge in [-0.1, -0.05) is 0 Å². The molecule has 0 bridgehead atoms. The van der Waals surface area contributed by atoms with E-state index in [1.807, 2.05) is 0 Å². The highest BCUT2D eigenvalue weighted by molar-refractivity contribution is 5.57. The van der Waals surface area contributed by atoms with Crippen molar-refractivity contribution in [2.24, 2.45) is 5.11 Å². The lowest BCUT2D eigenvalue weighted by molar-refractivity contribution is 0.587. The third kappa shape index (κ3) is 1.42. The lowest BCUT2D eigenvalue weighted by Crippen LogP contribution is -2.03. The van der Waals surface area contributed by atoms with Crippen molar-refractivity contribution in [1.82, 2.24) is 4.98 Å². The molecule has 13 heavy (non-hydrogen) atoms. The predicted molar refractivity (Wildman–Crippen MR) is 41.8 cm³/mol. The van der Waals surface area contributed by atoms with Gasteiger partial charge in [0.05, 0.1) is 0 Å². The molecule has 4 N–H and O–H groups in total. The number of anilines is 2. The van der Waals surface area contributed by atoms with Crippen molar-refractivity contribution >= 4 is 17.3 Å². The number of rotatable bonds is 1. The van der Waals surface area contributed by atoms with E-state index >= 15 is 0 Å². The van der Waals surface area contributed by atoms with E-state index in [1.54, 1.807) is 0 Å². The number of aromatic nitrogens is 1. The fourth-order valence-corrected chi connectivity index (χ4v) is 0.676. The van der Waals surface area contributed by atoms with Crippen LogP contribution in [0.1, 0.15) is 0 Å². The van der Waals surface area contributed by atoms with Crippen molar-refractivity contribution in [2.75, 3.05) is 11.5 Å². The topological polar surface area (TPSA) is 114 Å². The molecule has 0 saturated heterocycles. The molecule has 6 nitrogen and oxygen atoms in total. The quantitative estimate of drug-likeness (QED) is 0.393. The van der Waals surface area contributed by atoms with E-state index in [0.717, 1.165) is 0 Å². The summed E-state index contributed by atoms with van der Waals surface area (Å²) in [5.41, 5.74) is 17.1. The molecular weight excluding hydrogens is 182 g/mol. The Kier molecular flexibility index (Phi) is 2.16. The van der Waals surface area contributed by atoms with Crippen LogP contribution in [0.4, 0.5) is 26.1 Å². The minimum atomic E-state index is -1.22. The third-order valence-electron chi connectivity index (χ3n) is 1.26. The van der Waals surface area contributed by atoms with Crippen LogP contribution in [0.5, 0.6) is 0 Å². The van der Waals surface area contributed by atoms with Gasteiger partial charge in [0, 0.05) is 4.91 Å². The Hall–Kier alpha value is -2.08. The monoisotopic (exact) mass is 186 g/mol. The largest absolute Gasteiger partial charge is 0.394 e. The second-order valence-electron chi connectivity index (χ2n) is 2.05. The summed E-state index contributed by atoms with van der Waals surface area (Å²) in [5.74, 6) is -3.65. The van der Waals surface area contributed by atoms with Crippen LogP contribution < -0.4 is 11.5 Å². The van der Waals surface area contributed by atoms with E-state index in [-0.39, 0.29) is 0 Å². The number of nitrogen functional groups attached to an aromatic ring is 2. The van der Waals surface area contributed by atoms with E-state index in [2.05, 4.69) is 15.0 Å². The molecule has 1 aromatic rings. The zero-order valence-corrected chi connectivity index (χ0v) is 6.20. The van der Waals surface area contributed by atoms with Gasteiger partial charge in [0.25, 0.3) is 0 Å². The van der Waals surface area contributed by atoms with Crippen molar-refractivity contribution < 1.29 is 8.78 Å². The highest BCUT2D eigenvalue weighted by Crippen LogP contribution is 2.26. The van der Waals surface area contributed by atoms with Gasteiger partial charge >= 0.3 is 0 Å². The molecule has 0 spiro atoms. The number of hydrogen-bond donors (Lipinski definition) is 2. The van der Waals surface area contributed by atoms with E-state index in [1.165, 1.54) is 0 Å². The molecule has 1 heterocycles. The summed E-state index contributed by atoms with van der Waals surface area (Å²) >= 11 is 0. The Morgan fingerprint density at radius 1 is 1.31 bits per heavy atom. The summed E-state index contributed by atoms with van der Waals surface area (Å²) in [6, 6.07) is 0. The van der Waals surface area contributed by atoms with Gasteiger partial charge in [-0.25, -0.2) is 13.8 Å². The van der Waals surface area contributed by atoms with Gasteiger partial charge in [0.2, 0.25) is 0 Å². The molecule has 0 aliphatic rings. The summed E-state index contributed by atoms with van der Waals surface area (Å²) in [6.45, 7) is 0. The van der Waals surface area contributed by atoms with E-state index in [9.17, 15) is 8.78 Å². The summed E-state index contributed by atoms with van der Waals surface area (Å²) in [7, 11) is 0. The van der Waals surface area contributed by atoms with Crippen molar-refractivity contribution in [3.63, 3.8) is 0 Å². The van der Waals surface area contributed by atoms with Crippen molar-refractivity contribution in [3.8, 4) is 0 Å². The highest BCUT2D eigenvalue weighted by atomic mass is 19.1. The van der Waals surface area contributed by atoms with Crippen LogP contribution in [0.15, 0.2) is 5.11 Å². The van der Waals surface area contributed by atoms with Gasteiger partial charge in [-0.3, -0.25) is 0 Å². The number of nitrogens with zero attached hydrogens (tertiary/aromatic N) is 4. The fraction of sp³-hybridized carbons (Fsp3) is 0. The van der Waals surface area contributed by atoms with Gasteiger partial charge in [0.15, 0.2) is 23.3 Å². The Balaban J connectivity index is 3.49. The number of halogens is 2. The molecule has 0 aromatic carbocycles. The molecule has 0 atom stereocenters. The molecular formula is C5H4F2N6. The summed E-state index contributed by atoms with van der Waals surface area (Å²) < 4.78 is 25.6. The average Bonchev–Trinajstić information content (AvgIpc) is 2.11. The molecule has 0 saturated carbocycles. The normalized spacial score (nSPS) is 9.38. The summed E-state index contributed by atoms with van der Waals surface area (Å²) in [6.07, 6.45) is 0. The smallest absolute Gasteiger partial charge is 0.191 e. The maximum atomic E-state index is 12.9. The lowest BCUT2D eigenvalue weighted by Gasteiger charge is -2.02. The van der Waals surface area contributed by atoms with Crippen LogP contribution in [0, 0.1) is 11.6 Å².